The SMILES string of the molecule is Cc1cccc2c1nc(CCCl)n2-c1ccc(Br)cc1Br. The minimum absolute atomic E-state index is 0.552. The van der Waals surface area contributed by atoms with Crippen LogP contribution in [0.5, 0.6) is 0 Å². The number of imidazole rings is 1. The molecule has 3 aromatic rings. The number of hydrogen-bond acceptors (Lipinski definition) is 1. The summed E-state index contributed by atoms with van der Waals surface area (Å²) in [6.07, 6.45) is 0.734. The molecule has 5 heteroatoms. The van der Waals surface area contributed by atoms with Crippen LogP contribution in [0.1, 0.15) is 11.4 Å². The molecule has 2 nitrogen and oxygen atoms in total. The van der Waals surface area contributed by atoms with E-state index in [0.717, 1.165) is 37.9 Å². The van der Waals surface area contributed by atoms with E-state index < -0.39 is 0 Å². The zero-order chi connectivity index (χ0) is 15.0. The van der Waals surface area contributed by atoms with E-state index in [2.05, 4.69) is 67.6 Å². The van der Waals surface area contributed by atoms with Gasteiger partial charge in [-0.15, -0.1) is 11.6 Å². The Bertz CT molecular complexity index is 811. The summed E-state index contributed by atoms with van der Waals surface area (Å²) in [6.45, 7) is 2.08. The predicted molar refractivity (Wildman–Crippen MR) is 95.6 cm³/mol. The van der Waals surface area contributed by atoms with Gasteiger partial charge in [0.05, 0.1) is 16.7 Å². The van der Waals surface area contributed by atoms with Crippen LogP contribution in [0, 0.1) is 6.92 Å². The van der Waals surface area contributed by atoms with Crippen LogP contribution < -0.4 is 0 Å². The molecule has 21 heavy (non-hydrogen) atoms. The van der Waals surface area contributed by atoms with Crippen molar-refractivity contribution in [2.75, 3.05) is 5.88 Å². The Morgan fingerprint density at radius 3 is 2.71 bits per heavy atom. The number of para-hydroxylation sites is 1. The Labute approximate surface area is 145 Å². The fraction of sp³-hybridized carbons (Fsp3) is 0.188. The predicted octanol–water partition coefficient (Wildman–Crippen LogP) is 5.64. The van der Waals surface area contributed by atoms with Gasteiger partial charge in [0.25, 0.3) is 0 Å². The van der Waals surface area contributed by atoms with Gasteiger partial charge in [0.1, 0.15) is 5.82 Å². The maximum absolute atomic E-state index is 5.96. The fourth-order valence-electron chi connectivity index (χ4n) is 2.47. The topological polar surface area (TPSA) is 17.8 Å². The Morgan fingerprint density at radius 1 is 1.19 bits per heavy atom. The molecule has 0 atom stereocenters. The van der Waals surface area contributed by atoms with Crippen LogP contribution >= 0.6 is 43.5 Å². The van der Waals surface area contributed by atoms with Gasteiger partial charge in [-0.1, -0.05) is 28.1 Å². The molecule has 1 heterocycles. The molecule has 0 unspecified atom stereocenters. The minimum atomic E-state index is 0.552. The van der Waals surface area contributed by atoms with Crippen LogP contribution in [0.2, 0.25) is 0 Å². The highest BCUT2D eigenvalue weighted by Gasteiger charge is 2.15. The Kier molecular flexibility index (Phi) is 4.38. The Morgan fingerprint density at radius 2 is 2.00 bits per heavy atom. The number of hydrogen-bond donors (Lipinski definition) is 0. The number of halogens is 3. The largest absolute Gasteiger partial charge is 0.295 e. The second-order valence-electron chi connectivity index (χ2n) is 4.84. The molecular weight excluding hydrogens is 415 g/mol. The first-order valence-corrected chi connectivity index (χ1v) is 8.72. The van der Waals surface area contributed by atoms with Gasteiger partial charge >= 0.3 is 0 Å². The number of nitrogens with zero attached hydrogens (tertiary/aromatic N) is 2. The summed E-state index contributed by atoms with van der Waals surface area (Å²) in [6, 6.07) is 12.4. The van der Waals surface area contributed by atoms with E-state index in [1.54, 1.807) is 0 Å². The number of fused-ring (bicyclic) bond motifs is 1. The summed E-state index contributed by atoms with van der Waals surface area (Å²) in [5.41, 5.74) is 4.40. The van der Waals surface area contributed by atoms with E-state index in [0.29, 0.717) is 5.88 Å². The average molecular weight is 429 g/mol. The molecule has 0 spiro atoms. The lowest BCUT2D eigenvalue weighted by molar-refractivity contribution is 0.909. The molecule has 1 aromatic heterocycles. The molecule has 108 valence electrons. The van der Waals surface area contributed by atoms with Crippen molar-refractivity contribution in [1.29, 1.82) is 0 Å². The number of rotatable bonds is 3. The molecule has 0 saturated carbocycles. The lowest BCUT2D eigenvalue weighted by atomic mass is 10.2. The Hall–Kier alpha value is -0.840. The van der Waals surface area contributed by atoms with Gasteiger partial charge in [0, 0.05) is 21.2 Å². The van der Waals surface area contributed by atoms with E-state index >= 15 is 0 Å². The summed E-state index contributed by atoms with van der Waals surface area (Å²) < 4.78 is 4.24. The van der Waals surface area contributed by atoms with Crippen molar-refractivity contribution < 1.29 is 0 Å². The fourth-order valence-corrected chi connectivity index (χ4v) is 3.86. The number of aromatic nitrogens is 2. The highest BCUT2D eigenvalue weighted by Crippen LogP contribution is 2.30. The lowest BCUT2D eigenvalue weighted by Gasteiger charge is -2.11. The quantitative estimate of drug-likeness (QED) is 0.494. The van der Waals surface area contributed by atoms with Crippen molar-refractivity contribution in [3.8, 4) is 5.69 Å². The van der Waals surface area contributed by atoms with Gasteiger partial charge in [0.2, 0.25) is 0 Å². The second kappa shape index (κ2) is 6.11. The van der Waals surface area contributed by atoms with E-state index in [1.165, 1.54) is 5.56 Å². The normalized spacial score (nSPS) is 11.2. The van der Waals surface area contributed by atoms with E-state index in [4.69, 9.17) is 16.6 Å². The smallest absolute Gasteiger partial charge is 0.115 e. The van der Waals surface area contributed by atoms with Crippen LogP contribution in [0.4, 0.5) is 0 Å². The molecule has 3 rings (SSSR count). The lowest BCUT2D eigenvalue weighted by Crippen LogP contribution is -2.03. The van der Waals surface area contributed by atoms with Gasteiger partial charge in [-0.3, -0.25) is 4.57 Å². The first kappa shape index (κ1) is 15.1. The minimum Gasteiger partial charge on any atom is -0.295 e. The van der Waals surface area contributed by atoms with Crippen LogP contribution in [-0.2, 0) is 6.42 Å². The van der Waals surface area contributed by atoms with Crippen molar-refractivity contribution in [2.45, 2.75) is 13.3 Å². The zero-order valence-electron chi connectivity index (χ0n) is 11.4. The molecule has 0 aliphatic rings. The number of alkyl halides is 1. The molecular formula is C16H13Br2ClN2. The Balaban J connectivity index is 2.33. The van der Waals surface area contributed by atoms with Crippen molar-refractivity contribution in [3.05, 3.63) is 56.7 Å². The standard InChI is InChI=1S/C16H13Br2ClN2/c1-10-3-2-4-14-16(10)20-15(7-8-19)21(14)13-6-5-11(17)9-12(13)18/h2-6,9H,7-8H2,1H3. The number of benzene rings is 2. The van der Waals surface area contributed by atoms with Gasteiger partial charge < -0.3 is 0 Å². The van der Waals surface area contributed by atoms with Crippen molar-refractivity contribution in [1.82, 2.24) is 9.55 Å². The third kappa shape index (κ3) is 2.77. The maximum atomic E-state index is 5.96. The molecule has 0 bridgehead atoms. The van der Waals surface area contributed by atoms with Crippen LogP contribution in [-0.4, -0.2) is 15.4 Å². The molecule has 0 aliphatic carbocycles. The molecule has 0 saturated heterocycles. The van der Waals surface area contributed by atoms with Gasteiger partial charge in [-0.2, -0.15) is 0 Å². The van der Waals surface area contributed by atoms with Crippen molar-refractivity contribution in [2.24, 2.45) is 0 Å². The van der Waals surface area contributed by atoms with Crippen molar-refractivity contribution in [3.63, 3.8) is 0 Å². The van der Waals surface area contributed by atoms with Gasteiger partial charge in [-0.05, 0) is 52.7 Å². The first-order chi connectivity index (χ1) is 10.1. The zero-order valence-corrected chi connectivity index (χ0v) is 15.3. The highest BCUT2D eigenvalue weighted by molar-refractivity contribution is 9.11. The van der Waals surface area contributed by atoms with Gasteiger partial charge in [-0.25, -0.2) is 4.98 Å². The summed E-state index contributed by atoms with van der Waals surface area (Å²) in [7, 11) is 0. The molecule has 0 radical (unpaired) electrons. The molecule has 0 amide bonds. The van der Waals surface area contributed by atoms with Crippen LogP contribution in [0.3, 0.4) is 0 Å². The monoisotopic (exact) mass is 426 g/mol. The van der Waals surface area contributed by atoms with Crippen molar-refractivity contribution >= 4 is 54.5 Å². The molecule has 0 N–H and O–H groups in total. The van der Waals surface area contributed by atoms with E-state index in [-0.39, 0.29) is 0 Å². The summed E-state index contributed by atoms with van der Waals surface area (Å²) in [4.78, 5) is 4.79. The third-order valence-corrected chi connectivity index (χ3v) is 4.74. The third-order valence-electron chi connectivity index (χ3n) is 3.43. The summed E-state index contributed by atoms with van der Waals surface area (Å²) >= 11 is 13.1. The molecule has 2 aromatic carbocycles. The van der Waals surface area contributed by atoms with E-state index in [9.17, 15) is 0 Å². The van der Waals surface area contributed by atoms with Gasteiger partial charge in [0.15, 0.2) is 0 Å². The second-order valence-corrected chi connectivity index (χ2v) is 6.99. The molecule has 0 aliphatic heterocycles. The maximum Gasteiger partial charge on any atom is 0.115 e. The van der Waals surface area contributed by atoms with Crippen LogP contribution in [0.15, 0.2) is 45.3 Å². The molecule has 0 fully saturated rings. The van der Waals surface area contributed by atoms with Crippen LogP contribution in [0.25, 0.3) is 16.7 Å². The highest BCUT2D eigenvalue weighted by atomic mass is 79.9. The summed E-state index contributed by atoms with van der Waals surface area (Å²) in [5.74, 6) is 1.54. The number of aryl methyl sites for hydroxylation is 2. The van der Waals surface area contributed by atoms with E-state index in [1.807, 2.05) is 12.1 Å². The average Bonchev–Trinajstić information content (AvgIpc) is 2.79. The summed E-state index contributed by atoms with van der Waals surface area (Å²) in [5, 5.41) is 0. The first-order valence-electron chi connectivity index (χ1n) is 6.60.